The molecule has 4 rings (SSSR count). The summed E-state index contributed by atoms with van der Waals surface area (Å²) < 4.78 is 6.55. The highest BCUT2D eigenvalue weighted by molar-refractivity contribution is 9.10. The van der Waals surface area contributed by atoms with Crippen molar-refractivity contribution in [2.24, 2.45) is 0 Å². The standard InChI is InChI=1S/C27H22BrClN2O4S/c1-16-7-8-17(2)22(11-16)30-25(32)14-31-26(33)24(36-27(31)34)13-18-9-10-23(20(28)12-18)35-15-19-5-3-4-6-21(19)29/h3-13H,14-15H2,1-2H3,(H,30,32)/b24-13+. The van der Waals surface area contributed by atoms with Crippen molar-refractivity contribution in [3.8, 4) is 5.75 Å². The maximum Gasteiger partial charge on any atom is 0.294 e. The van der Waals surface area contributed by atoms with Gasteiger partial charge in [0.25, 0.3) is 11.1 Å². The van der Waals surface area contributed by atoms with E-state index >= 15 is 0 Å². The van der Waals surface area contributed by atoms with Crippen molar-refractivity contribution in [3.05, 3.63) is 97.3 Å². The fraction of sp³-hybridized carbons (Fsp3) is 0.148. The molecule has 1 N–H and O–H groups in total. The van der Waals surface area contributed by atoms with Crippen molar-refractivity contribution in [2.45, 2.75) is 20.5 Å². The Bertz CT molecular complexity index is 1390. The van der Waals surface area contributed by atoms with Crippen molar-refractivity contribution in [2.75, 3.05) is 11.9 Å². The molecule has 0 unspecified atom stereocenters. The van der Waals surface area contributed by atoms with Crippen LogP contribution in [0.1, 0.15) is 22.3 Å². The number of amides is 3. The van der Waals surface area contributed by atoms with Crippen LogP contribution in [0, 0.1) is 13.8 Å². The number of ether oxygens (including phenoxy) is 1. The Morgan fingerprint density at radius 1 is 1.11 bits per heavy atom. The van der Waals surface area contributed by atoms with E-state index in [-0.39, 0.29) is 11.4 Å². The number of imide groups is 1. The number of carbonyl (C=O) groups excluding carboxylic acids is 3. The molecule has 0 atom stereocenters. The first kappa shape index (κ1) is 26.0. The van der Waals surface area contributed by atoms with E-state index < -0.39 is 17.1 Å². The van der Waals surface area contributed by atoms with Gasteiger partial charge in [-0.05, 0) is 88.6 Å². The summed E-state index contributed by atoms with van der Waals surface area (Å²) in [5, 5.41) is 2.93. The number of thioether (sulfide) groups is 1. The average molecular weight is 586 g/mol. The maximum absolute atomic E-state index is 12.9. The van der Waals surface area contributed by atoms with Crippen molar-refractivity contribution in [1.29, 1.82) is 0 Å². The smallest absolute Gasteiger partial charge is 0.294 e. The molecule has 1 heterocycles. The Morgan fingerprint density at radius 3 is 2.64 bits per heavy atom. The number of hydrogen-bond donors (Lipinski definition) is 1. The number of carbonyl (C=O) groups is 3. The van der Waals surface area contributed by atoms with Crippen LogP contribution in [0.15, 0.2) is 70.0 Å². The van der Waals surface area contributed by atoms with E-state index in [4.69, 9.17) is 16.3 Å². The third-order valence-electron chi connectivity index (χ3n) is 5.44. The van der Waals surface area contributed by atoms with Gasteiger partial charge >= 0.3 is 0 Å². The van der Waals surface area contributed by atoms with Gasteiger partial charge in [-0.2, -0.15) is 0 Å². The minimum atomic E-state index is -0.503. The number of nitrogens with zero attached hydrogens (tertiary/aromatic N) is 1. The first-order valence-corrected chi connectivity index (χ1v) is 13.0. The van der Waals surface area contributed by atoms with Crippen LogP contribution in [0.2, 0.25) is 5.02 Å². The highest BCUT2D eigenvalue weighted by Crippen LogP contribution is 2.34. The Labute approximate surface area is 226 Å². The SMILES string of the molecule is Cc1ccc(C)c(NC(=O)CN2C(=O)S/C(=C/c3ccc(OCc4ccccc4Cl)c(Br)c3)C2=O)c1. The molecular weight excluding hydrogens is 564 g/mol. The van der Waals surface area contributed by atoms with E-state index in [1.165, 1.54) is 0 Å². The monoisotopic (exact) mass is 584 g/mol. The summed E-state index contributed by atoms with van der Waals surface area (Å²) in [7, 11) is 0. The second kappa shape index (κ2) is 11.3. The van der Waals surface area contributed by atoms with E-state index in [1.807, 2.05) is 50.2 Å². The fourth-order valence-electron chi connectivity index (χ4n) is 3.49. The maximum atomic E-state index is 12.9. The molecular formula is C27H22BrClN2O4S. The Hall–Kier alpha value is -3.07. The number of hydrogen-bond acceptors (Lipinski definition) is 5. The molecule has 3 amide bonds. The van der Waals surface area contributed by atoms with Gasteiger partial charge in [-0.25, -0.2) is 0 Å². The molecule has 0 aliphatic carbocycles. The predicted octanol–water partition coefficient (Wildman–Crippen LogP) is 6.97. The van der Waals surface area contributed by atoms with E-state index in [1.54, 1.807) is 30.3 Å². The Balaban J connectivity index is 1.41. The molecule has 9 heteroatoms. The zero-order valence-electron chi connectivity index (χ0n) is 19.5. The largest absolute Gasteiger partial charge is 0.488 e. The van der Waals surface area contributed by atoms with Crippen LogP contribution in [-0.4, -0.2) is 28.5 Å². The van der Waals surface area contributed by atoms with Gasteiger partial charge in [0.2, 0.25) is 5.91 Å². The molecule has 0 saturated carbocycles. The normalized spacial score (nSPS) is 14.4. The first-order valence-electron chi connectivity index (χ1n) is 11.0. The molecule has 184 valence electrons. The lowest BCUT2D eigenvalue weighted by atomic mass is 10.1. The van der Waals surface area contributed by atoms with Gasteiger partial charge in [-0.1, -0.05) is 48.0 Å². The minimum Gasteiger partial charge on any atom is -0.488 e. The van der Waals surface area contributed by atoms with Crippen LogP contribution in [0.3, 0.4) is 0 Å². The summed E-state index contributed by atoms with van der Waals surface area (Å²) in [4.78, 5) is 39.1. The topological polar surface area (TPSA) is 75.7 Å². The molecule has 0 spiro atoms. The molecule has 1 aliphatic heterocycles. The lowest BCUT2D eigenvalue weighted by Crippen LogP contribution is -2.36. The van der Waals surface area contributed by atoms with Crippen LogP contribution in [-0.2, 0) is 16.2 Å². The Morgan fingerprint density at radius 2 is 1.89 bits per heavy atom. The number of rotatable bonds is 7. The van der Waals surface area contributed by atoms with Crippen LogP contribution in [0.4, 0.5) is 10.5 Å². The van der Waals surface area contributed by atoms with Crippen LogP contribution in [0.25, 0.3) is 6.08 Å². The Kier molecular flexibility index (Phi) is 8.18. The summed E-state index contributed by atoms with van der Waals surface area (Å²) in [5.74, 6) is -0.324. The summed E-state index contributed by atoms with van der Waals surface area (Å²) in [6, 6.07) is 18.5. The zero-order valence-corrected chi connectivity index (χ0v) is 22.7. The third-order valence-corrected chi connectivity index (χ3v) is 7.33. The van der Waals surface area contributed by atoms with Crippen molar-refractivity contribution in [1.82, 2.24) is 4.90 Å². The average Bonchev–Trinajstić information content (AvgIpc) is 3.09. The molecule has 6 nitrogen and oxygen atoms in total. The molecule has 36 heavy (non-hydrogen) atoms. The quantitative estimate of drug-likeness (QED) is 0.303. The number of nitrogens with one attached hydrogen (secondary N) is 1. The van der Waals surface area contributed by atoms with E-state index in [0.717, 1.165) is 33.4 Å². The molecule has 3 aromatic rings. The van der Waals surface area contributed by atoms with Crippen LogP contribution in [0.5, 0.6) is 5.75 Å². The van der Waals surface area contributed by atoms with Crippen molar-refractivity contribution >= 4 is 68.1 Å². The lowest BCUT2D eigenvalue weighted by Gasteiger charge is -2.14. The number of anilines is 1. The van der Waals surface area contributed by atoms with Gasteiger partial charge < -0.3 is 10.1 Å². The van der Waals surface area contributed by atoms with Gasteiger partial charge in [0.1, 0.15) is 18.9 Å². The molecule has 1 aliphatic rings. The summed E-state index contributed by atoms with van der Waals surface area (Å²) >= 11 is 10.5. The van der Waals surface area contributed by atoms with Gasteiger partial charge in [-0.3, -0.25) is 19.3 Å². The number of aryl methyl sites for hydroxylation is 2. The number of benzene rings is 3. The molecule has 0 bridgehead atoms. The lowest BCUT2D eigenvalue weighted by molar-refractivity contribution is -0.127. The van der Waals surface area contributed by atoms with E-state index in [9.17, 15) is 14.4 Å². The van der Waals surface area contributed by atoms with Crippen LogP contribution >= 0.6 is 39.3 Å². The molecule has 0 radical (unpaired) electrons. The molecule has 3 aromatic carbocycles. The molecule has 1 fully saturated rings. The minimum absolute atomic E-state index is 0.246. The van der Waals surface area contributed by atoms with Crippen molar-refractivity contribution in [3.63, 3.8) is 0 Å². The van der Waals surface area contributed by atoms with Gasteiger partial charge in [-0.15, -0.1) is 0 Å². The highest BCUT2D eigenvalue weighted by Gasteiger charge is 2.36. The van der Waals surface area contributed by atoms with Crippen molar-refractivity contribution < 1.29 is 19.1 Å². The number of halogens is 2. The zero-order chi connectivity index (χ0) is 25.8. The molecule has 1 saturated heterocycles. The fourth-order valence-corrected chi connectivity index (χ4v) is 5.03. The van der Waals surface area contributed by atoms with Gasteiger partial charge in [0.05, 0.1) is 9.38 Å². The molecule has 0 aromatic heterocycles. The van der Waals surface area contributed by atoms with Crippen LogP contribution < -0.4 is 10.1 Å². The van der Waals surface area contributed by atoms with Gasteiger partial charge in [0.15, 0.2) is 0 Å². The summed E-state index contributed by atoms with van der Waals surface area (Å²) in [6.07, 6.45) is 1.62. The van der Waals surface area contributed by atoms with E-state index in [2.05, 4.69) is 21.2 Å². The second-order valence-corrected chi connectivity index (χ2v) is 10.5. The third kappa shape index (κ3) is 6.19. The summed E-state index contributed by atoms with van der Waals surface area (Å²) in [5.41, 5.74) is 4.12. The second-order valence-electron chi connectivity index (χ2n) is 8.20. The van der Waals surface area contributed by atoms with E-state index in [0.29, 0.717) is 33.1 Å². The predicted molar refractivity (Wildman–Crippen MR) is 147 cm³/mol. The summed E-state index contributed by atoms with van der Waals surface area (Å²) in [6.45, 7) is 3.75. The van der Waals surface area contributed by atoms with Gasteiger partial charge in [0, 0.05) is 16.3 Å². The first-order chi connectivity index (χ1) is 17.2. The highest BCUT2D eigenvalue weighted by atomic mass is 79.9.